The lowest BCUT2D eigenvalue weighted by atomic mass is 10.1. The number of nitrogens with one attached hydrogen (secondary N) is 1. The van der Waals surface area contributed by atoms with Gasteiger partial charge in [-0.15, -0.1) is 5.10 Å². The van der Waals surface area contributed by atoms with Crippen LogP contribution >= 0.6 is 0 Å². The largest absolute Gasteiger partial charge is 0.304 e. The van der Waals surface area contributed by atoms with Crippen molar-refractivity contribution in [1.29, 1.82) is 0 Å². The molecule has 0 aliphatic carbocycles. The Hall–Kier alpha value is -1.82. The maximum absolute atomic E-state index is 12.9. The molecule has 5 nitrogen and oxygen atoms in total. The summed E-state index contributed by atoms with van der Waals surface area (Å²) in [5.41, 5.74) is 1.69. The Kier molecular flexibility index (Phi) is 3.99. The van der Waals surface area contributed by atoms with Crippen LogP contribution in [0.25, 0.3) is 0 Å². The zero-order valence-electron chi connectivity index (χ0n) is 10.5. The van der Waals surface area contributed by atoms with Crippen LogP contribution in [0.5, 0.6) is 0 Å². The van der Waals surface area contributed by atoms with Gasteiger partial charge in [-0.05, 0) is 25.6 Å². The summed E-state index contributed by atoms with van der Waals surface area (Å²) in [5.74, 6) is -0.337. The van der Waals surface area contributed by atoms with E-state index < -0.39 is 0 Å². The van der Waals surface area contributed by atoms with Crippen LogP contribution in [0.3, 0.4) is 0 Å². The average Bonchev–Trinajstić information content (AvgIpc) is 2.85. The molecule has 0 aliphatic rings. The highest BCUT2D eigenvalue weighted by atomic mass is 19.1. The van der Waals surface area contributed by atoms with E-state index in [1.807, 2.05) is 13.8 Å². The summed E-state index contributed by atoms with van der Waals surface area (Å²) in [7, 11) is 0. The molecular formula is C12H16FN5. The molecule has 1 unspecified atom stereocenters. The second-order valence-electron chi connectivity index (χ2n) is 3.87. The first-order valence-corrected chi connectivity index (χ1v) is 5.99. The zero-order chi connectivity index (χ0) is 13.0. The Morgan fingerprint density at radius 3 is 2.78 bits per heavy atom. The van der Waals surface area contributed by atoms with Crippen molar-refractivity contribution >= 4 is 0 Å². The van der Waals surface area contributed by atoms with Crippen molar-refractivity contribution in [2.45, 2.75) is 26.4 Å². The number of pyridine rings is 1. The van der Waals surface area contributed by atoms with Crippen molar-refractivity contribution in [2.24, 2.45) is 0 Å². The Bertz CT molecular complexity index is 493. The van der Waals surface area contributed by atoms with Crippen molar-refractivity contribution in [3.05, 3.63) is 41.7 Å². The van der Waals surface area contributed by atoms with Crippen LogP contribution in [0, 0.1) is 5.82 Å². The molecule has 0 radical (unpaired) electrons. The molecule has 0 fully saturated rings. The molecule has 0 amide bonds. The van der Waals surface area contributed by atoms with Gasteiger partial charge < -0.3 is 5.32 Å². The lowest BCUT2D eigenvalue weighted by Gasteiger charge is -2.17. The monoisotopic (exact) mass is 249 g/mol. The van der Waals surface area contributed by atoms with Gasteiger partial charge in [0.25, 0.3) is 0 Å². The van der Waals surface area contributed by atoms with Gasteiger partial charge in [0, 0.05) is 6.54 Å². The van der Waals surface area contributed by atoms with Gasteiger partial charge in [-0.2, -0.15) is 0 Å². The summed E-state index contributed by atoms with van der Waals surface area (Å²) in [6, 6.07) is 2.97. The molecule has 0 saturated carbocycles. The van der Waals surface area contributed by atoms with Crippen LogP contribution in [0.4, 0.5) is 4.39 Å². The number of hydrogen-bond acceptors (Lipinski definition) is 4. The van der Waals surface area contributed by atoms with Gasteiger partial charge in [0.2, 0.25) is 0 Å². The number of aromatic nitrogens is 4. The first kappa shape index (κ1) is 12.6. The van der Waals surface area contributed by atoms with Gasteiger partial charge in [0.15, 0.2) is 0 Å². The number of aryl methyl sites for hydroxylation is 1. The first-order chi connectivity index (χ1) is 8.76. The molecule has 0 aliphatic heterocycles. The summed E-state index contributed by atoms with van der Waals surface area (Å²) < 4.78 is 14.7. The Morgan fingerprint density at radius 2 is 2.17 bits per heavy atom. The average molecular weight is 249 g/mol. The standard InChI is InChI=1S/C12H16FN5/c1-3-14-12(10-6-5-9(13)7-15-10)11-8-16-17-18(11)4-2/h5-8,12,14H,3-4H2,1-2H3. The van der Waals surface area contributed by atoms with Gasteiger partial charge in [-0.1, -0.05) is 12.1 Å². The predicted molar refractivity (Wildman–Crippen MR) is 65.4 cm³/mol. The zero-order valence-corrected chi connectivity index (χ0v) is 10.5. The summed E-state index contributed by atoms with van der Waals surface area (Å²) >= 11 is 0. The SMILES string of the molecule is CCNC(c1ccc(F)cn1)c1cnnn1CC. The van der Waals surface area contributed by atoms with Crippen LogP contribution < -0.4 is 5.32 Å². The van der Waals surface area contributed by atoms with Crippen LogP contribution in [0.15, 0.2) is 24.5 Å². The third kappa shape index (κ3) is 2.53. The lowest BCUT2D eigenvalue weighted by Crippen LogP contribution is -2.25. The van der Waals surface area contributed by atoms with Crippen LogP contribution in [-0.4, -0.2) is 26.5 Å². The molecule has 6 heteroatoms. The van der Waals surface area contributed by atoms with Gasteiger partial charge in [0.05, 0.1) is 29.8 Å². The minimum absolute atomic E-state index is 0.120. The fourth-order valence-electron chi connectivity index (χ4n) is 1.86. The molecule has 0 aromatic carbocycles. The minimum atomic E-state index is -0.337. The normalized spacial score (nSPS) is 12.6. The maximum atomic E-state index is 12.9. The molecule has 2 aromatic rings. The molecule has 0 bridgehead atoms. The molecule has 2 aromatic heterocycles. The number of hydrogen-bond donors (Lipinski definition) is 1. The summed E-state index contributed by atoms with van der Waals surface area (Å²) in [4.78, 5) is 4.12. The number of nitrogens with zero attached hydrogens (tertiary/aromatic N) is 4. The van der Waals surface area contributed by atoms with E-state index in [9.17, 15) is 4.39 Å². The van der Waals surface area contributed by atoms with Crippen LogP contribution in [0.2, 0.25) is 0 Å². The van der Waals surface area contributed by atoms with Crippen molar-refractivity contribution in [1.82, 2.24) is 25.3 Å². The third-order valence-corrected chi connectivity index (χ3v) is 2.70. The van der Waals surface area contributed by atoms with Crippen molar-refractivity contribution < 1.29 is 4.39 Å². The van der Waals surface area contributed by atoms with E-state index in [2.05, 4.69) is 20.6 Å². The lowest BCUT2D eigenvalue weighted by molar-refractivity contribution is 0.525. The quantitative estimate of drug-likeness (QED) is 0.873. The second kappa shape index (κ2) is 5.68. The van der Waals surface area contributed by atoms with E-state index in [1.165, 1.54) is 12.3 Å². The Labute approximate surface area is 105 Å². The van der Waals surface area contributed by atoms with E-state index in [0.29, 0.717) is 0 Å². The topological polar surface area (TPSA) is 55.6 Å². The fraction of sp³-hybridized carbons (Fsp3) is 0.417. The molecule has 96 valence electrons. The predicted octanol–water partition coefficient (Wildman–Crippen LogP) is 1.53. The first-order valence-electron chi connectivity index (χ1n) is 5.99. The highest BCUT2D eigenvalue weighted by molar-refractivity contribution is 5.20. The van der Waals surface area contributed by atoms with Crippen molar-refractivity contribution in [3.8, 4) is 0 Å². The van der Waals surface area contributed by atoms with E-state index in [4.69, 9.17) is 0 Å². The highest BCUT2D eigenvalue weighted by Crippen LogP contribution is 2.19. The van der Waals surface area contributed by atoms with Gasteiger partial charge in [-0.3, -0.25) is 4.98 Å². The van der Waals surface area contributed by atoms with E-state index in [-0.39, 0.29) is 11.9 Å². The molecule has 2 heterocycles. The Balaban J connectivity index is 2.36. The molecule has 18 heavy (non-hydrogen) atoms. The van der Waals surface area contributed by atoms with Crippen LogP contribution in [-0.2, 0) is 6.54 Å². The number of halogens is 1. The van der Waals surface area contributed by atoms with Crippen LogP contribution in [0.1, 0.15) is 31.3 Å². The Morgan fingerprint density at radius 1 is 1.33 bits per heavy atom. The van der Waals surface area contributed by atoms with Gasteiger partial charge in [-0.25, -0.2) is 9.07 Å². The molecule has 2 rings (SSSR count). The van der Waals surface area contributed by atoms with E-state index in [1.54, 1.807) is 16.9 Å². The smallest absolute Gasteiger partial charge is 0.141 e. The summed E-state index contributed by atoms with van der Waals surface area (Å²) in [6.07, 6.45) is 2.93. The van der Waals surface area contributed by atoms with Crippen molar-refractivity contribution in [2.75, 3.05) is 6.54 Å². The molecular weight excluding hydrogens is 233 g/mol. The molecule has 1 N–H and O–H groups in total. The number of rotatable bonds is 5. The highest BCUT2D eigenvalue weighted by Gasteiger charge is 2.18. The van der Waals surface area contributed by atoms with E-state index >= 15 is 0 Å². The molecule has 0 spiro atoms. The van der Waals surface area contributed by atoms with Crippen molar-refractivity contribution in [3.63, 3.8) is 0 Å². The van der Waals surface area contributed by atoms with E-state index in [0.717, 1.165) is 24.5 Å². The summed E-state index contributed by atoms with van der Waals surface area (Å²) in [5, 5.41) is 11.2. The van der Waals surface area contributed by atoms with Gasteiger partial charge in [0.1, 0.15) is 5.82 Å². The third-order valence-electron chi connectivity index (χ3n) is 2.70. The summed E-state index contributed by atoms with van der Waals surface area (Å²) in [6.45, 7) is 5.52. The second-order valence-corrected chi connectivity index (χ2v) is 3.87. The molecule has 1 atom stereocenters. The molecule has 0 saturated heterocycles. The minimum Gasteiger partial charge on any atom is -0.304 e. The fourth-order valence-corrected chi connectivity index (χ4v) is 1.86. The maximum Gasteiger partial charge on any atom is 0.141 e. The van der Waals surface area contributed by atoms with Gasteiger partial charge >= 0.3 is 0 Å².